The molecule has 0 saturated carbocycles. The minimum atomic E-state index is -0.582. The van der Waals surface area contributed by atoms with Crippen molar-refractivity contribution in [1.82, 2.24) is 5.32 Å². The summed E-state index contributed by atoms with van der Waals surface area (Å²) in [4.78, 5) is 0. The summed E-state index contributed by atoms with van der Waals surface area (Å²) in [7, 11) is 0. The molecular formula is C10H11FN2O. The number of aromatic hydroxyl groups is 1. The zero-order chi connectivity index (χ0) is 10.6. The van der Waals surface area contributed by atoms with Crippen LogP contribution in [0.2, 0.25) is 0 Å². The Morgan fingerprint density at radius 1 is 1.57 bits per heavy atom. The molecule has 2 N–H and O–H groups in total. The number of halogens is 1. The predicted octanol–water partition coefficient (Wildman–Crippen LogP) is 1.71. The van der Waals surface area contributed by atoms with Crippen molar-refractivity contribution in [2.24, 2.45) is 0 Å². The van der Waals surface area contributed by atoms with E-state index in [1.165, 1.54) is 12.1 Å². The third-order valence-electron chi connectivity index (χ3n) is 1.78. The van der Waals surface area contributed by atoms with Crippen LogP contribution < -0.4 is 5.32 Å². The highest BCUT2D eigenvalue weighted by atomic mass is 19.1. The topological polar surface area (TPSA) is 56.0 Å². The zero-order valence-corrected chi connectivity index (χ0v) is 7.79. The fraction of sp³-hybridized carbons (Fsp3) is 0.300. The van der Waals surface area contributed by atoms with E-state index in [1.54, 1.807) is 0 Å². The number of nitriles is 1. The van der Waals surface area contributed by atoms with E-state index in [0.717, 1.165) is 6.07 Å². The molecule has 74 valence electrons. The number of phenolic OH excluding ortho intramolecular Hbond substituents is 1. The standard InChI is InChI=1S/C10H11FN2O/c1-2-13-10(6-12)7-3-8(11)5-9(14)4-7/h3-5,10,13-14H,2H2,1H3. The number of benzene rings is 1. The van der Waals surface area contributed by atoms with Gasteiger partial charge in [-0.1, -0.05) is 6.92 Å². The van der Waals surface area contributed by atoms with Crippen LogP contribution in [0.5, 0.6) is 5.75 Å². The SMILES string of the molecule is CCNC(C#N)c1cc(O)cc(F)c1. The Hall–Kier alpha value is -1.60. The Morgan fingerprint density at radius 2 is 2.29 bits per heavy atom. The van der Waals surface area contributed by atoms with Gasteiger partial charge < -0.3 is 5.11 Å². The van der Waals surface area contributed by atoms with Crippen LogP contribution >= 0.6 is 0 Å². The van der Waals surface area contributed by atoms with Gasteiger partial charge in [-0.05, 0) is 24.2 Å². The minimum absolute atomic E-state index is 0.168. The minimum Gasteiger partial charge on any atom is -0.508 e. The molecule has 1 unspecified atom stereocenters. The molecule has 0 spiro atoms. The van der Waals surface area contributed by atoms with Crippen molar-refractivity contribution in [3.63, 3.8) is 0 Å². The van der Waals surface area contributed by atoms with Crippen molar-refractivity contribution in [2.45, 2.75) is 13.0 Å². The number of nitrogens with zero attached hydrogens (tertiary/aromatic N) is 1. The van der Waals surface area contributed by atoms with Gasteiger partial charge in [0.15, 0.2) is 0 Å². The van der Waals surface area contributed by atoms with Crippen LogP contribution in [0.25, 0.3) is 0 Å². The van der Waals surface area contributed by atoms with E-state index in [4.69, 9.17) is 10.4 Å². The summed E-state index contributed by atoms with van der Waals surface area (Å²) in [5, 5.41) is 20.8. The van der Waals surface area contributed by atoms with Gasteiger partial charge >= 0.3 is 0 Å². The second-order valence-corrected chi connectivity index (χ2v) is 2.86. The Balaban J connectivity index is 2.99. The van der Waals surface area contributed by atoms with E-state index < -0.39 is 11.9 Å². The molecule has 1 rings (SSSR count). The van der Waals surface area contributed by atoms with Crippen LogP contribution in [0.3, 0.4) is 0 Å². The third-order valence-corrected chi connectivity index (χ3v) is 1.78. The highest BCUT2D eigenvalue weighted by Crippen LogP contribution is 2.19. The molecular weight excluding hydrogens is 183 g/mol. The molecule has 0 bridgehead atoms. The van der Waals surface area contributed by atoms with Crippen molar-refractivity contribution in [2.75, 3.05) is 6.54 Å². The first-order valence-corrected chi connectivity index (χ1v) is 4.29. The highest BCUT2D eigenvalue weighted by molar-refractivity contribution is 5.32. The molecule has 1 aromatic carbocycles. The Morgan fingerprint density at radius 3 is 2.79 bits per heavy atom. The molecule has 0 heterocycles. The normalized spacial score (nSPS) is 12.1. The maximum absolute atomic E-state index is 12.9. The quantitative estimate of drug-likeness (QED) is 0.770. The van der Waals surface area contributed by atoms with Gasteiger partial charge in [-0.3, -0.25) is 5.32 Å². The average molecular weight is 194 g/mol. The third kappa shape index (κ3) is 2.44. The van der Waals surface area contributed by atoms with E-state index in [0.29, 0.717) is 12.1 Å². The van der Waals surface area contributed by atoms with Crippen LogP contribution in [0.1, 0.15) is 18.5 Å². The molecule has 0 aliphatic heterocycles. The molecule has 1 atom stereocenters. The molecule has 1 aromatic rings. The lowest BCUT2D eigenvalue weighted by Crippen LogP contribution is -2.19. The number of nitrogens with one attached hydrogen (secondary N) is 1. The predicted molar refractivity (Wildman–Crippen MR) is 50.1 cm³/mol. The lowest BCUT2D eigenvalue weighted by atomic mass is 10.1. The number of phenols is 1. The van der Waals surface area contributed by atoms with Crippen molar-refractivity contribution in [3.8, 4) is 11.8 Å². The smallest absolute Gasteiger partial charge is 0.127 e. The van der Waals surface area contributed by atoms with Crippen LogP contribution in [0, 0.1) is 17.1 Å². The first-order valence-electron chi connectivity index (χ1n) is 4.29. The van der Waals surface area contributed by atoms with Crippen molar-refractivity contribution < 1.29 is 9.50 Å². The molecule has 0 radical (unpaired) electrons. The Labute approximate surface area is 81.8 Å². The lowest BCUT2D eigenvalue weighted by Gasteiger charge is -2.10. The molecule has 0 aliphatic rings. The fourth-order valence-corrected chi connectivity index (χ4v) is 1.21. The molecule has 0 aromatic heterocycles. The summed E-state index contributed by atoms with van der Waals surface area (Å²) in [6, 6.07) is 5.01. The molecule has 14 heavy (non-hydrogen) atoms. The highest BCUT2D eigenvalue weighted by Gasteiger charge is 2.10. The summed E-state index contributed by atoms with van der Waals surface area (Å²) >= 11 is 0. The van der Waals surface area contributed by atoms with Crippen LogP contribution in [-0.4, -0.2) is 11.7 Å². The van der Waals surface area contributed by atoms with Crippen molar-refractivity contribution in [3.05, 3.63) is 29.6 Å². The molecule has 0 amide bonds. The van der Waals surface area contributed by atoms with E-state index in [1.807, 2.05) is 13.0 Å². The van der Waals surface area contributed by atoms with E-state index in [2.05, 4.69) is 5.32 Å². The second-order valence-electron chi connectivity index (χ2n) is 2.86. The van der Waals surface area contributed by atoms with Gasteiger partial charge in [0.05, 0.1) is 6.07 Å². The van der Waals surface area contributed by atoms with E-state index >= 15 is 0 Å². The van der Waals surface area contributed by atoms with Crippen molar-refractivity contribution >= 4 is 0 Å². The van der Waals surface area contributed by atoms with Gasteiger partial charge in [0.2, 0.25) is 0 Å². The van der Waals surface area contributed by atoms with Crippen LogP contribution in [0.15, 0.2) is 18.2 Å². The number of hydrogen-bond acceptors (Lipinski definition) is 3. The first kappa shape index (κ1) is 10.5. The van der Waals surface area contributed by atoms with Gasteiger partial charge in [-0.2, -0.15) is 5.26 Å². The van der Waals surface area contributed by atoms with Gasteiger partial charge in [0.1, 0.15) is 17.6 Å². The molecule has 0 saturated heterocycles. The average Bonchev–Trinajstić information content (AvgIpc) is 2.12. The summed E-state index contributed by atoms with van der Waals surface area (Å²) in [6.45, 7) is 2.46. The van der Waals surface area contributed by atoms with Gasteiger partial charge in [0.25, 0.3) is 0 Å². The fourth-order valence-electron chi connectivity index (χ4n) is 1.21. The maximum Gasteiger partial charge on any atom is 0.127 e. The van der Waals surface area contributed by atoms with Gasteiger partial charge in [-0.15, -0.1) is 0 Å². The molecule has 0 fully saturated rings. The zero-order valence-electron chi connectivity index (χ0n) is 7.79. The summed E-state index contributed by atoms with van der Waals surface area (Å²) in [6.07, 6.45) is 0. The Bertz CT molecular complexity index is 339. The summed E-state index contributed by atoms with van der Waals surface area (Å²) in [5.74, 6) is -0.712. The van der Waals surface area contributed by atoms with Gasteiger partial charge in [-0.25, -0.2) is 4.39 Å². The van der Waals surface area contributed by atoms with Gasteiger partial charge in [0, 0.05) is 6.07 Å². The first-order chi connectivity index (χ1) is 6.67. The largest absolute Gasteiger partial charge is 0.508 e. The van der Waals surface area contributed by atoms with Crippen molar-refractivity contribution in [1.29, 1.82) is 5.26 Å². The van der Waals surface area contributed by atoms with Crippen LogP contribution in [0.4, 0.5) is 4.39 Å². The van der Waals surface area contributed by atoms with E-state index in [9.17, 15) is 4.39 Å². The second kappa shape index (κ2) is 4.58. The molecule has 0 aliphatic carbocycles. The lowest BCUT2D eigenvalue weighted by molar-refractivity contribution is 0.466. The van der Waals surface area contributed by atoms with Crippen LogP contribution in [-0.2, 0) is 0 Å². The Kier molecular flexibility index (Phi) is 3.43. The van der Waals surface area contributed by atoms with E-state index in [-0.39, 0.29) is 5.75 Å². The molecule has 4 heteroatoms. The molecule has 3 nitrogen and oxygen atoms in total. The number of hydrogen-bond donors (Lipinski definition) is 2. The summed E-state index contributed by atoms with van der Waals surface area (Å²) in [5.41, 5.74) is 0.437. The number of rotatable bonds is 3. The monoisotopic (exact) mass is 194 g/mol. The maximum atomic E-state index is 12.9. The summed E-state index contributed by atoms with van der Waals surface area (Å²) < 4.78 is 12.9.